The molecule has 2 N–H and O–H groups in total. The normalized spacial score (nSPS) is 37.1. The van der Waals surface area contributed by atoms with Gasteiger partial charge in [0.25, 0.3) is 0 Å². The molecule has 2 aliphatic carbocycles. The highest BCUT2D eigenvalue weighted by molar-refractivity contribution is 7.48. The highest BCUT2D eigenvalue weighted by Crippen LogP contribution is 2.58. The summed E-state index contributed by atoms with van der Waals surface area (Å²) < 4.78 is 55.8. The molecule has 3 aromatic rings. The maximum absolute atomic E-state index is 13.5. The summed E-state index contributed by atoms with van der Waals surface area (Å²) in [4.78, 5) is 25.7. The molecule has 2 bridgehead atoms. The number of imidazole rings is 1. The van der Waals surface area contributed by atoms with E-state index in [1.807, 2.05) is 6.07 Å². The molecule has 9 unspecified atom stereocenters. The number of carbonyl (C=O) groups excluding carboxylic acids is 1. The number of nitrogens with two attached hydrogens (primary N) is 1. The zero-order valence-electron chi connectivity index (χ0n) is 24.5. The molecule has 5 heterocycles. The Morgan fingerprint density at radius 1 is 1.20 bits per heavy atom. The van der Waals surface area contributed by atoms with E-state index in [2.05, 4.69) is 15.0 Å². The number of benzene rings is 1. The lowest BCUT2D eigenvalue weighted by Crippen LogP contribution is -2.42. The number of rotatable bonds is 8. The van der Waals surface area contributed by atoms with Crippen LogP contribution in [0.5, 0.6) is 5.88 Å². The van der Waals surface area contributed by atoms with Crippen molar-refractivity contribution in [1.82, 2.24) is 19.5 Å². The summed E-state index contributed by atoms with van der Waals surface area (Å²) in [6, 6.07) is 7.11. The fourth-order valence-corrected chi connectivity index (χ4v) is 9.17. The largest absolute Gasteiger partial charge is 0.509 e. The number of phosphoric ester groups is 1. The quantitative estimate of drug-likeness (QED) is 0.242. The number of nitrogens with zero attached hydrogens (tertiary/aromatic N) is 4. The molecule has 14 nitrogen and oxygen atoms in total. The highest BCUT2D eigenvalue weighted by Gasteiger charge is 2.64. The summed E-state index contributed by atoms with van der Waals surface area (Å²) in [5.74, 6) is 2.25. The van der Waals surface area contributed by atoms with Crippen LogP contribution in [0.4, 0.5) is 10.7 Å². The van der Waals surface area contributed by atoms with Crippen molar-refractivity contribution >= 4 is 42.7 Å². The summed E-state index contributed by atoms with van der Waals surface area (Å²) in [6.45, 7) is 2.08. The van der Waals surface area contributed by atoms with Gasteiger partial charge in [0.15, 0.2) is 29.1 Å². The Balaban J connectivity index is 1.01. The van der Waals surface area contributed by atoms with Gasteiger partial charge in [-0.15, -0.1) is 0 Å². The average Bonchev–Trinajstić information content (AvgIpc) is 3.82. The van der Waals surface area contributed by atoms with Crippen LogP contribution in [-0.2, 0) is 32.3 Å². The van der Waals surface area contributed by atoms with Crippen LogP contribution in [0.15, 0.2) is 30.6 Å². The molecule has 0 radical (unpaired) electrons. The van der Waals surface area contributed by atoms with E-state index in [1.54, 1.807) is 29.7 Å². The predicted molar refractivity (Wildman–Crippen MR) is 157 cm³/mol. The molecule has 1 aromatic carbocycles. The number of halogens is 1. The number of nitrogen functional groups attached to an aromatic ring is 1. The molecule has 3 saturated heterocycles. The molecular formula is C29H33ClN5O9P. The van der Waals surface area contributed by atoms with E-state index in [0.29, 0.717) is 41.1 Å². The van der Waals surface area contributed by atoms with Gasteiger partial charge in [-0.2, -0.15) is 9.97 Å². The van der Waals surface area contributed by atoms with Crippen molar-refractivity contribution in [2.75, 3.05) is 25.6 Å². The lowest BCUT2D eigenvalue weighted by atomic mass is 9.90. The summed E-state index contributed by atoms with van der Waals surface area (Å²) in [5, 5.41) is 0.532. The molecule has 0 spiro atoms. The molecular weight excluding hydrogens is 629 g/mol. The van der Waals surface area contributed by atoms with E-state index in [1.165, 1.54) is 25.6 Å². The Labute approximate surface area is 263 Å². The zero-order chi connectivity index (χ0) is 30.9. The molecule has 5 aliphatic rings. The zero-order valence-corrected chi connectivity index (χ0v) is 26.1. The first-order valence-corrected chi connectivity index (χ1v) is 17.0. The first-order valence-electron chi connectivity index (χ1n) is 15.2. The molecule has 8 rings (SSSR count). The molecule has 2 saturated carbocycles. The van der Waals surface area contributed by atoms with Crippen LogP contribution in [0.2, 0.25) is 5.02 Å². The van der Waals surface area contributed by atoms with Gasteiger partial charge in [-0.3, -0.25) is 18.1 Å². The lowest BCUT2D eigenvalue weighted by molar-refractivity contribution is -0.0925. The van der Waals surface area contributed by atoms with Crippen LogP contribution in [0, 0.1) is 17.8 Å². The summed E-state index contributed by atoms with van der Waals surface area (Å²) in [5.41, 5.74) is 6.30. The third-order valence-electron chi connectivity index (χ3n) is 9.70. The molecule has 3 aliphatic heterocycles. The van der Waals surface area contributed by atoms with Gasteiger partial charge in [0.1, 0.15) is 6.10 Å². The van der Waals surface area contributed by atoms with Crippen molar-refractivity contribution in [2.45, 2.75) is 69.2 Å². The lowest BCUT2D eigenvalue weighted by Gasteiger charge is -2.30. The molecule has 16 heteroatoms. The Bertz CT molecular complexity index is 1690. The molecule has 45 heavy (non-hydrogen) atoms. The van der Waals surface area contributed by atoms with Gasteiger partial charge in [-0.1, -0.05) is 30.2 Å². The molecule has 240 valence electrons. The minimum absolute atomic E-state index is 0.00499. The van der Waals surface area contributed by atoms with Gasteiger partial charge < -0.3 is 24.7 Å². The monoisotopic (exact) mass is 661 g/mol. The minimum atomic E-state index is -4.01. The summed E-state index contributed by atoms with van der Waals surface area (Å²) in [7, 11) is -4.01. The second kappa shape index (κ2) is 11.1. The van der Waals surface area contributed by atoms with Crippen LogP contribution in [-0.4, -0.2) is 63.3 Å². The Morgan fingerprint density at radius 2 is 2.09 bits per heavy atom. The molecule has 2 aromatic heterocycles. The van der Waals surface area contributed by atoms with Crippen molar-refractivity contribution < 1.29 is 41.9 Å². The van der Waals surface area contributed by atoms with E-state index < -0.39 is 44.1 Å². The number of ether oxygens (including phenoxy) is 4. The van der Waals surface area contributed by atoms with Crippen molar-refractivity contribution in [2.24, 2.45) is 17.8 Å². The third-order valence-corrected chi connectivity index (χ3v) is 11.4. The van der Waals surface area contributed by atoms with Crippen LogP contribution >= 0.6 is 19.4 Å². The number of carbonyl (C=O) groups is 1. The van der Waals surface area contributed by atoms with E-state index >= 15 is 0 Å². The SMILES string of the molecule is CC12OC(=O)OC1C(COP1(=O)OCCC(c3cccc(Cl)c3)O1)OC2n1cnc2c(OCC3CC4CCC3C4)nc(N)nc21. The number of fused-ring (bicyclic) bond motifs is 4. The fraction of sp³-hybridized carbons (Fsp3) is 0.586. The van der Waals surface area contributed by atoms with E-state index in [4.69, 9.17) is 49.9 Å². The number of hydrogen-bond donors (Lipinski definition) is 1. The Hall–Kier alpha value is -3.00. The second-order valence-corrected chi connectivity index (χ2v) is 14.6. The fourth-order valence-electron chi connectivity index (χ4n) is 7.58. The Morgan fingerprint density at radius 3 is 2.89 bits per heavy atom. The maximum Gasteiger partial charge on any atom is 0.509 e. The third kappa shape index (κ3) is 5.25. The van der Waals surface area contributed by atoms with Crippen LogP contribution in [0.1, 0.15) is 56.9 Å². The van der Waals surface area contributed by atoms with Crippen LogP contribution < -0.4 is 10.5 Å². The van der Waals surface area contributed by atoms with Gasteiger partial charge in [-0.25, -0.2) is 14.3 Å². The second-order valence-electron chi connectivity index (χ2n) is 12.6. The topological polar surface area (TPSA) is 168 Å². The number of aromatic nitrogens is 4. The van der Waals surface area contributed by atoms with Crippen molar-refractivity contribution in [1.29, 1.82) is 0 Å². The smallest absolute Gasteiger partial charge is 0.476 e. The van der Waals surface area contributed by atoms with Crippen molar-refractivity contribution in [3.63, 3.8) is 0 Å². The maximum atomic E-state index is 13.5. The highest BCUT2D eigenvalue weighted by atomic mass is 35.5. The summed E-state index contributed by atoms with van der Waals surface area (Å²) in [6.07, 6.45) is 2.78. The average molecular weight is 662 g/mol. The van der Waals surface area contributed by atoms with Crippen molar-refractivity contribution in [3.05, 3.63) is 41.2 Å². The summed E-state index contributed by atoms with van der Waals surface area (Å²) >= 11 is 6.14. The van der Waals surface area contributed by atoms with Gasteiger partial charge >= 0.3 is 14.0 Å². The van der Waals surface area contributed by atoms with Crippen LogP contribution in [0.3, 0.4) is 0 Å². The van der Waals surface area contributed by atoms with Crippen molar-refractivity contribution in [3.8, 4) is 5.88 Å². The van der Waals surface area contributed by atoms with Crippen LogP contribution in [0.25, 0.3) is 11.2 Å². The van der Waals surface area contributed by atoms with E-state index in [9.17, 15) is 9.36 Å². The first kappa shape index (κ1) is 29.4. The minimum Gasteiger partial charge on any atom is -0.476 e. The predicted octanol–water partition coefficient (Wildman–Crippen LogP) is 5.37. The molecule has 9 atom stereocenters. The van der Waals surface area contributed by atoms with E-state index in [0.717, 1.165) is 17.9 Å². The van der Waals surface area contributed by atoms with Gasteiger partial charge in [0.05, 0.1) is 32.3 Å². The van der Waals surface area contributed by atoms with Gasteiger partial charge in [0, 0.05) is 11.4 Å². The molecule has 0 amide bonds. The standard InChI is InChI=1S/C29H33ClN5O9P/c1-29-23(42-28(36)43-29)21(13-40-45(37)39-8-7-20(44-45)17-3-2-4-19(30)11-17)41-26(29)35-14-32-22-24(35)33-27(31)34-25(22)38-12-18-10-15-5-6-16(18)9-15/h2-4,11,14-16,18,20-21,23,26H,5-10,12-13H2,1H3,(H2,31,33,34). The number of phosphoric acid groups is 1. The van der Waals surface area contributed by atoms with Gasteiger partial charge in [-0.05, 0) is 61.6 Å². The van der Waals surface area contributed by atoms with E-state index in [-0.39, 0.29) is 25.0 Å². The van der Waals surface area contributed by atoms with Gasteiger partial charge in [0.2, 0.25) is 11.8 Å². The molecule has 5 fully saturated rings. The first-order chi connectivity index (χ1) is 21.7. The number of hydrogen-bond acceptors (Lipinski definition) is 13. The number of anilines is 1. The Kier molecular flexibility index (Phi) is 7.23.